The van der Waals surface area contributed by atoms with E-state index in [1.807, 2.05) is 11.0 Å². The predicted molar refractivity (Wildman–Crippen MR) is 102 cm³/mol. The monoisotopic (exact) mass is 368 g/mol. The summed E-state index contributed by atoms with van der Waals surface area (Å²) >= 11 is 0. The quantitative estimate of drug-likeness (QED) is 0.540. The van der Waals surface area contributed by atoms with Crippen molar-refractivity contribution >= 4 is 22.5 Å². The number of nitrogens with one attached hydrogen (secondary N) is 1. The van der Waals surface area contributed by atoms with E-state index in [4.69, 9.17) is 4.74 Å². The number of phenols is 1. The molecule has 0 aliphatic carbocycles. The van der Waals surface area contributed by atoms with Gasteiger partial charge >= 0.3 is 5.82 Å². The first-order chi connectivity index (χ1) is 13.0. The van der Waals surface area contributed by atoms with Crippen molar-refractivity contribution < 1.29 is 14.8 Å². The molecule has 1 aliphatic heterocycles. The molecule has 0 amide bonds. The van der Waals surface area contributed by atoms with Crippen molar-refractivity contribution in [2.24, 2.45) is 0 Å². The molecule has 8 nitrogen and oxygen atoms in total. The summed E-state index contributed by atoms with van der Waals surface area (Å²) in [6, 6.07) is 10.2. The van der Waals surface area contributed by atoms with Crippen LogP contribution in [0.5, 0.6) is 5.75 Å². The number of methoxy groups -OCH3 is 1. The standard InChI is InChI=1S/C19H20N4O4/c1-27-14-3-2-8-22(11-14)18-7-5-15(19(21-18)23(25)26)17-10-12-9-13(24)4-6-16(12)20-17/h4-7,9-10,14,20,24H,2-3,8,11H2,1H3/t14-/m0/s1. The van der Waals surface area contributed by atoms with Crippen molar-refractivity contribution in [2.75, 3.05) is 25.1 Å². The average Bonchev–Trinajstić information content (AvgIpc) is 3.10. The molecule has 8 heteroatoms. The molecule has 1 aromatic carbocycles. The summed E-state index contributed by atoms with van der Waals surface area (Å²) in [5.41, 5.74) is 1.80. The number of pyridine rings is 1. The lowest BCUT2D eigenvalue weighted by Crippen LogP contribution is -2.39. The van der Waals surface area contributed by atoms with Crippen LogP contribution < -0.4 is 4.90 Å². The van der Waals surface area contributed by atoms with Crippen molar-refractivity contribution in [1.29, 1.82) is 0 Å². The van der Waals surface area contributed by atoms with Crippen LogP contribution in [0.2, 0.25) is 0 Å². The van der Waals surface area contributed by atoms with Crippen molar-refractivity contribution in [3.8, 4) is 17.0 Å². The third-order valence-corrected chi connectivity index (χ3v) is 4.96. The Morgan fingerprint density at radius 3 is 2.96 bits per heavy atom. The number of benzene rings is 1. The second-order valence-electron chi connectivity index (χ2n) is 6.70. The van der Waals surface area contributed by atoms with Crippen LogP contribution in [0, 0.1) is 10.1 Å². The number of hydrogen-bond acceptors (Lipinski definition) is 6. The Bertz CT molecular complexity index is 1000. The number of phenolic OH excluding ortho intramolecular Hbond substituents is 1. The van der Waals surface area contributed by atoms with Crippen molar-refractivity contribution in [2.45, 2.75) is 18.9 Å². The molecular weight excluding hydrogens is 348 g/mol. The molecule has 1 saturated heterocycles. The number of aromatic amines is 1. The lowest BCUT2D eigenvalue weighted by molar-refractivity contribution is -0.388. The van der Waals surface area contributed by atoms with Crippen LogP contribution >= 0.6 is 0 Å². The van der Waals surface area contributed by atoms with Gasteiger partial charge in [0.15, 0.2) is 0 Å². The van der Waals surface area contributed by atoms with E-state index in [0.29, 0.717) is 23.6 Å². The van der Waals surface area contributed by atoms with E-state index in [1.54, 1.807) is 37.4 Å². The molecule has 0 unspecified atom stereocenters. The van der Waals surface area contributed by atoms with Crippen LogP contribution in [0.25, 0.3) is 22.2 Å². The van der Waals surface area contributed by atoms with Gasteiger partial charge in [0.25, 0.3) is 0 Å². The second kappa shape index (κ2) is 6.88. The SMILES string of the molecule is CO[C@H]1CCCN(c2ccc(-c3cc4cc(O)ccc4[nH]3)c([N+](=O)[O-])n2)C1. The minimum atomic E-state index is -0.459. The molecule has 27 heavy (non-hydrogen) atoms. The minimum Gasteiger partial charge on any atom is -0.508 e. The number of ether oxygens (including phenoxy) is 1. The van der Waals surface area contributed by atoms with E-state index in [0.717, 1.165) is 30.3 Å². The van der Waals surface area contributed by atoms with E-state index in [1.165, 1.54) is 0 Å². The summed E-state index contributed by atoms with van der Waals surface area (Å²) in [7, 11) is 1.68. The normalized spacial score (nSPS) is 17.4. The first-order valence-electron chi connectivity index (χ1n) is 8.80. The Morgan fingerprint density at radius 1 is 1.33 bits per heavy atom. The Balaban J connectivity index is 1.73. The molecule has 0 radical (unpaired) electrons. The van der Waals surface area contributed by atoms with Crippen LogP contribution in [0.4, 0.5) is 11.6 Å². The molecule has 1 aliphatic rings. The summed E-state index contributed by atoms with van der Waals surface area (Å²) < 4.78 is 5.43. The van der Waals surface area contributed by atoms with Crippen molar-refractivity contribution in [1.82, 2.24) is 9.97 Å². The van der Waals surface area contributed by atoms with Crippen LogP contribution in [-0.4, -0.2) is 46.3 Å². The van der Waals surface area contributed by atoms with Crippen LogP contribution in [0.15, 0.2) is 36.4 Å². The maximum atomic E-state index is 11.7. The maximum Gasteiger partial charge on any atom is 0.375 e. The summed E-state index contributed by atoms with van der Waals surface area (Å²) in [6.45, 7) is 1.47. The van der Waals surface area contributed by atoms with Gasteiger partial charge in [0.1, 0.15) is 5.75 Å². The molecule has 2 aromatic heterocycles. The number of H-pyrrole nitrogens is 1. The number of aromatic nitrogens is 2. The Kier molecular flexibility index (Phi) is 4.41. The largest absolute Gasteiger partial charge is 0.508 e. The first kappa shape index (κ1) is 17.3. The average molecular weight is 368 g/mol. The molecule has 0 spiro atoms. The van der Waals surface area contributed by atoms with E-state index < -0.39 is 4.92 Å². The van der Waals surface area contributed by atoms with Gasteiger partial charge in [0, 0.05) is 37.2 Å². The highest BCUT2D eigenvalue weighted by Crippen LogP contribution is 2.33. The molecular formula is C19H20N4O4. The lowest BCUT2D eigenvalue weighted by Gasteiger charge is -2.30. The van der Waals surface area contributed by atoms with Gasteiger partial charge in [-0.05, 0) is 53.1 Å². The number of aromatic hydroxyl groups is 1. The fraction of sp³-hybridized carbons (Fsp3) is 0.316. The fourth-order valence-corrected chi connectivity index (χ4v) is 3.57. The number of nitro groups is 1. The van der Waals surface area contributed by atoms with Crippen molar-refractivity contribution in [3.63, 3.8) is 0 Å². The molecule has 1 fully saturated rings. The summed E-state index contributed by atoms with van der Waals surface area (Å²) in [6.07, 6.45) is 2.05. The minimum absolute atomic E-state index is 0.112. The number of hydrogen-bond donors (Lipinski definition) is 2. The lowest BCUT2D eigenvalue weighted by atomic mass is 10.1. The highest BCUT2D eigenvalue weighted by atomic mass is 16.6. The van der Waals surface area contributed by atoms with Crippen molar-refractivity contribution in [3.05, 3.63) is 46.5 Å². The molecule has 3 aromatic rings. The maximum absolute atomic E-state index is 11.7. The van der Waals surface area contributed by atoms with E-state index in [9.17, 15) is 15.2 Å². The molecule has 0 saturated carbocycles. The zero-order chi connectivity index (χ0) is 19.0. The highest BCUT2D eigenvalue weighted by Gasteiger charge is 2.26. The van der Waals surface area contributed by atoms with Gasteiger partial charge in [0.2, 0.25) is 5.82 Å². The Morgan fingerprint density at radius 2 is 2.19 bits per heavy atom. The molecule has 0 bridgehead atoms. The fourth-order valence-electron chi connectivity index (χ4n) is 3.57. The molecule has 3 heterocycles. The van der Waals surface area contributed by atoms with Gasteiger partial charge in [-0.1, -0.05) is 0 Å². The summed E-state index contributed by atoms with van der Waals surface area (Å²) in [4.78, 5) is 20.7. The number of rotatable bonds is 4. The molecule has 2 N–H and O–H groups in total. The first-order valence-corrected chi connectivity index (χ1v) is 8.80. The third-order valence-electron chi connectivity index (χ3n) is 4.96. The topological polar surface area (TPSA) is 105 Å². The van der Waals surface area contributed by atoms with Crippen LogP contribution in [-0.2, 0) is 4.74 Å². The van der Waals surface area contributed by atoms with Gasteiger partial charge in [0.05, 0.1) is 17.4 Å². The highest BCUT2D eigenvalue weighted by molar-refractivity contribution is 5.88. The van der Waals surface area contributed by atoms with Gasteiger partial charge in [-0.15, -0.1) is 0 Å². The molecule has 4 rings (SSSR count). The summed E-state index contributed by atoms with van der Waals surface area (Å²) in [5, 5.41) is 22.1. The zero-order valence-electron chi connectivity index (χ0n) is 14.9. The number of anilines is 1. The predicted octanol–water partition coefficient (Wildman–Crippen LogP) is 3.46. The van der Waals surface area contributed by atoms with E-state index in [2.05, 4.69) is 9.97 Å². The Labute approximate surface area is 155 Å². The number of nitrogens with zero attached hydrogens (tertiary/aromatic N) is 3. The van der Waals surface area contributed by atoms with Gasteiger partial charge < -0.3 is 29.8 Å². The summed E-state index contributed by atoms with van der Waals surface area (Å²) in [5.74, 6) is 0.539. The van der Waals surface area contributed by atoms with Crippen LogP contribution in [0.1, 0.15) is 12.8 Å². The van der Waals surface area contributed by atoms with Gasteiger partial charge in [-0.25, -0.2) is 0 Å². The molecule has 1 atom stereocenters. The van der Waals surface area contributed by atoms with Gasteiger partial charge in [-0.2, -0.15) is 0 Å². The molecule has 140 valence electrons. The van der Waals surface area contributed by atoms with Crippen LogP contribution in [0.3, 0.4) is 0 Å². The smallest absolute Gasteiger partial charge is 0.375 e. The van der Waals surface area contributed by atoms with E-state index in [-0.39, 0.29) is 17.7 Å². The van der Waals surface area contributed by atoms with E-state index >= 15 is 0 Å². The number of piperidine rings is 1. The zero-order valence-corrected chi connectivity index (χ0v) is 14.9. The Hall–Kier alpha value is -3.13. The second-order valence-corrected chi connectivity index (χ2v) is 6.70. The van der Waals surface area contributed by atoms with Gasteiger partial charge in [-0.3, -0.25) is 0 Å². The third kappa shape index (κ3) is 3.31. The number of fused-ring (bicyclic) bond motifs is 1.